The van der Waals surface area contributed by atoms with Crippen molar-refractivity contribution in [2.24, 2.45) is 5.73 Å². The van der Waals surface area contributed by atoms with Gasteiger partial charge in [0.25, 0.3) is 0 Å². The minimum absolute atomic E-state index is 0.0629. The molecule has 3 N–H and O–H groups in total. The van der Waals surface area contributed by atoms with Gasteiger partial charge >= 0.3 is 0 Å². The fourth-order valence-electron chi connectivity index (χ4n) is 2.03. The number of hydrogen-bond acceptors (Lipinski definition) is 2. The summed E-state index contributed by atoms with van der Waals surface area (Å²) in [5.74, 6) is 1.19. The molecule has 3 nitrogen and oxygen atoms in total. The molecule has 0 radical (unpaired) electrons. The Morgan fingerprint density at radius 3 is 2.52 bits per heavy atom. The number of nitrogen functional groups attached to an aromatic ring is 1. The van der Waals surface area contributed by atoms with Gasteiger partial charge in [-0.3, -0.25) is 5.41 Å². The highest BCUT2D eigenvalue weighted by molar-refractivity contribution is 6.31. The molecule has 0 aliphatic rings. The summed E-state index contributed by atoms with van der Waals surface area (Å²) in [5, 5.41) is 8.12. The van der Waals surface area contributed by atoms with E-state index in [4.69, 9.17) is 27.5 Å². The van der Waals surface area contributed by atoms with Gasteiger partial charge in [-0.25, -0.2) is 0 Å². The van der Waals surface area contributed by atoms with Crippen molar-refractivity contribution in [3.05, 3.63) is 58.6 Å². The number of halogens is 1. The van der Waals surface area contributed by atoms with E-state index in [1.807, 2.05) is 12.1 Å². The molecule has 0 aromatic heterocycles. The van der Waals surface area contributed by atoms with Crippen LogP contribution in [0.1, 0.15) is 30.9 Å². The van der Waals surface area contributed by atoms with Crippen LogP contribution in [-0.4, -0.2) is 5.84 Å². The molecule has 0 aliphatic heterocycles. The van der Waals surface area contributed by atoms with Gasteiger partial charge in [-0.2, -0.15) is 0 Å². The third kappa shape index (κ3) is 4.23. The predicted octanol–water partition coefficient (Wildman–Crippen LogP) is 4.76. The number of aryl methyl sites for hydroxylation is 1. The quantitative estimate of drug-likeness (QED) is 0.597. The van der Waals surface area contributed by atoms with E-state index in [1.54, 1.807) is 18.2 Å². The molecule has 2 rings (SSSR count). The molecule has 0 saturated heterocycles. The van der Waals surface area contributed by atoms with Gasteiger partial charge in [-0.15, -0.1) is 0 Å². The average Bonchev–Trinajstić information content (AvgIpc) is 2.48. The average molecular weight is 303 g/mol. The molecule has 0 atom stereocenters. The van der Waals surface area contributed by atoms with Gasteiger partial charge < -0.3 is 10.5 Å². The lowest BCUT2D eigenvalue weighted by molar-refractivity contribution is 0.481. The van der Waals surface area contributed by atoms with Crippen LogP contribution in [0.3, 0.4) is 0 Å². The van der Waals surface area contributed by atoms with Crippen LogP contribution in [0.2, 0.25) is 5.02 Å². The van der Waals surface area contributed by atoms with Crippen molar-refractivity contribution in [1.29, 1.82) is 5.41 Å². The zero-order valence-corrected chi connectivity index (χ0v) is 12.8. The summed E-state index contributed by atoms with van der Waals surface area (Å²) in [6.45, 7) is 2.18. The van der Waals surface area contributed by atoms with E-state index in [1.165, 1.54) is 18.4 Å². The third-order valence-corrected chi connectivity index (χ3v) is 3.44. The molecule has 2 aromatic carbocycles. The second-order valence-electron chi connectivity index (χ2n) is 4.90. The van der Waals surface area contributed by atoms with E-state index in [2.05, 4.69) is 19.1 Å². The standard InChI is InChI=1S/C17H19ClN2O/c1-2-3-4-12-5-8-14(9-6-12)21-16-10-7-13(18)11-15(16)17(19)20/h5-11H,2-4H2,1H3,(H3,19,20). The molecule has 0 saturated carbocycles. The molecule has 0 fully saturated rings. The third-order valence-electron chi connectivity index (χ3n) is 3.20. The number of amidine groups is 1. The minimum Gasteiger partial charge on any atom is -0.457 e. The molecule has 0 spiro atoms. The van der Waals surface area contributed by atoms with E-state index in [-0.39, 0.29) is 5.84 Å². The number of unbranched alkanes of at least 4 members (excludes halogenated alkanes) is 1. The topological polar surface area (TPSA) is 59.1 Å². The first-order chi connectivity index (χ1) is 10.1. The zero-order valence-electron chi connectivity index (χ0n) is 12.0. The lowest BCUT2D eigenvalue weighted by Gasteiger charge is -2.11. The number of nitrogens with one attached hydrogen (secondary N) is 1. The number of rotatable bonds is 6. The lowest BCUT2D eigenvalue weighted by Crippen LogP contribution is -2.12. The summed E-state index contributed by atoms with van der Waals surface area (Å²) < 4.78 is 5.81. The maximum atomic E-state index is 7.59. The summed E-state index contributed by atoms with van der Waals surface area (Å²) in [7, 11) is 0. The first-order valence-electron chi connectivity index (χ1n) is 7.01. The van der Waals surface area contributed by atoms with Crippen LogP contribution in [0.5, 0.6) is 11.5 Å². The van der Waals surface area contributed by atoms with Gasteiger partial charge in [0, 0.05) is 5.02 Å². The van der Waals surface area contributed by atoms with Crippen LogP contribution < -0.4 is 10.5 Å². The highest BCUT2D eigenvalue weighted by Gasteiger charge is 2.08. The molecular weight excluding hydrogens is 284 g/mol. The first-order valence-corrected chi connectivity index (χ1v) is 7.38. The SMILES string of the molecule is CCCCc1ccc(Oc2ccc(Cl)cc2C(=N)N)cc1. The number of nitrogens with two attached hydrogens (primary N) is 1. The van der Waals surface area contributed by atoms with Crippen LogP contribution in [0.15, 0.2) is 42.5 Å². The Balaban J connectivity index is 2.16. The largest absolute Gasteiger partial charge is 0.457 e. The lowest BCUT2D eigenvalue weighted by atomic mass is 10.1. The molecule has 0 aliphatic carbocycles. The number of benzene rings is 2. The monoisotopic (exact) mass is 302 g/mol. The maximum absolute atomic E-state index is 7.59. The van der Waals surface area contributed by atoms with Crippen molar-refractivity contribution in [2.45, 2.75) is 26.2 Å². The van der Waals surface area contributed by atoms with E-state index in [0.29, 0.717) is 16.3 Å². The Kier molecular flexibility index (Phi) is 5.23. The maximum Gasteiger partial charge on any atom is 0.138 e. The van der Waals surface area contributed by atoms with Crippen molar-refractivity contribution in [3.8, 4) is 11.5 Å². The van der Waals surface area contributed by atoms with Crippen LogP contribution in [-0.2, 0) is 6.42 Å². The summed E-state index contributed by atoms with van der Waals surface area (Å²) >= 11 is 5.93. The van der Waals surface area contributed by atoms with E-state index in [0.717, 1.165) is 12.2 Å². The van der Waals surface area contributed by atoms with Gasteiger partial charge in [0.05, 0.1) is 5.56 Å². The van der Waals surface area contributed by atoms with Crippen molar-refractivity contribution in [3.63, 3.8) is 0 Å². The molecule has 4 heteroatoms. The molecular formula is C17H19ClN2O. The smallest absolute Gasteiger partial charge is 0.138 e. The highest BCUT2D eigenvalue weighted by atomic mass is 35.5. The van der Waals surface area contributed by atoms with E-state index < -0.39 is 0 Å². The van der Waals surface area contributed by atoms with Crippen molar-refractivity contribution in [2.75, 3.05) is 0 Å². The van der Waals surface area contributed by atoms with Crippen LogP contribution in [0.4, 0.5) is 0 Å². The summed E-state index contributed by atoms with van der Waals surface area (Å²) in [5.41, 5.74) is 7.36. The van der Waals surface area contributed by atoms with Gasteiger partial charge in [0.1, 0.15) is 17.3 Å². The van der Waals surface area contributed by atoms with Crippen LogP contribution >= 0.6 is 11.6 Å². The molecule has 0 bridgehead atoms. The fourth-order valence-corrected chi connectivity index (χ4v) is 2.21. The molecule has 2 aromatic rings. The Morgan fingerprint density at radius 2 is 1.90 bits per heavy atom. The van der Waals surface area contributed by atoms with Crippen LogP contribution in [0, 0.1) is 5.41 Å². The van der Waals surface area contributed by atoms with Gasteiger partial charge in [-0.05, 0) is 48.7 Å². The molecule has 0 heterocycles. The summed E-state index contributed by atoms with van der Waals surface area (Å²) in [6.07, 6.45) is 3.45. The Labute approximate surface area is 130 Å². The van der Waals surface area contributed by atoms with Gasteiger partial charge in [0.15, 0.2) is 0 Å². The fraction of sp³-hybridized carbons (Fsp3) is 0.235. The van der Waals surface area contributed by atoms with Gasteiger partial charge in [0.2, 0.25) is 0 Å². The second kappa shape index (κ2) is 7.14. The first kappa shape index (κ1) is 15.4. The molecule has 0 amide bonds. The van der Waals surface area contributed by atoms with Crippen molar-refractivity contribution < 1.29 is 4.74 Å². The van der Waals surface area contributed by atoms with E-state index >= 15 is 0 Å². The Hall–Kier alpha value is -2.00. The van der Waals surface area contributed by atoms with Gasteiger partial charge in [-0.1, -0.05) is 37.1 Å². The Morgan fingerprint density at radius 1 is 1.19 bits per heavy atom. The summed E-state index contributed by atoms with van der Waals surface area (Å²) in [6, 6.07) is 13.1. The highest BCUT2D eigenvalue weighted by Crippen LogP contribution is 2.28. The van der Waals surface area contributed by atoms with E-state index in [9.17, 15) is 0 Å². The predicted molar refractivity (Wildman–Crippen MR) is 87.6 cm³/mol. The second-order valence-corrected chi connectivity index (χ2v) is 5.34. The van der Waals surface area contributed by atoms with Crippen molar-refractivity contribution in [1.82, 2.24) is 0 Å². The molecule has 21 heavy (non-hydrogen) atoms. The Bertz CT molecular complexity index is 623. The van der Waals surface area contributed by atoms with Crippen molar-refractivity contribution >= 4 is 17.4 Å². The normalized spacial score (nSPS) is 10.4. The van der Waals surface area contributed by atoms with Crippen LogP contribution in [0.25, 0.3) is 0 Å². The summed E-state index contributed by atoms with van der Waals surface area (Å²) in [4.78, 5) is 0. The molecule has 0 unspecified atom stereocenters. The minimum atomic E-state index is -0.0629. The zero-order chi connectivity index (χ0) is 15.2. The number of hydrogen-bond donors (Lipinski definition) is 2. The molecule has 110 valence electrons. The number of ether oxygens (including phenoxy) is 1.